The van der Waals surface area contributed by atoms with E-state index >= 15 is 0 Å². The van der Waals surface area contributed by atoms with Crippen LogP contribution in [0.2, 0.25) is 0 Å². The van der Waals surface area contributed by atoms with Crippen LogP contribution < -0.4 is 10.2 Å². The van der Waals surface area contributed by atoms with Gasteiger partial charge in [0.1, 0.15) is 6.04 Å². The summed E-state index contributed by atoms with van der Waals surface area (Å²) in [6.45, 7) is 0.651. The molecule has 2 amide bonds. The summed E-state index contributed by atoms with van der Waals surface area (Å²) >= 11 is 1.63. The van der Waals surface area contributed by atoms with Gasteiger partial charge in [-0.1, -0.05) is 18.2 Å². The predicted octanol–water partition coefficient (Wildman–Crippen LogP) is 2.60. The molecule has 4 nitrogen and oxygen atoms in total. The van der Waals surface area contributed by atoms with Gasteiger partial charge in [0.15, 0.2) is 0 Å². The van der Waals surface area contributed by atoms with Gasteiger partial charge < -0.3 is 10.2 Å². The molecule has 0 saturated carbocycles. The number of nitrogens with zero attached hydrogens (tertiary/aromatic N) is 1. The molecule has 114 valence electrons. The maximum Gasteiger partial charge on any atom is 0.249 e. The van der Waals surface area contributed by atoms with Crippen LogP contribution in [0.25, 0.3) is 0 Å². The van der Waals surface area contributed by atoms with Crippen molar-refractivity contribution in [3.05, 3.63) is 52.7 Å². The minimum atomic E-state index is -0.393. The Bertz CT molecular complexity index is 640. The fourth-order valence-electron chi connectivity index (χ4n) is 2.64. The molecule has 22 heavy (non-hydrogen) atoms. The van der Waals surface area contributed by atoms with Gasteiger partial charge in [0.2, 0.25) is 11.8 Å². The van der Waals surface area contributed by atoms with Crippen molar-refractivity contribution < 1.29 is 9.59 Å². The number of aryl methyl sites for hydroxylation is 1. The molecule has 0 bridgehead atoms. The number of nitrogens with one attached hydrogen (secondary N) is 1. The Hall–Kier alpha value is -2.14. The molecule has 1 aliphatic heterocycles. The highest BCUT2D eigenvalue weighted by atomic mass is 32.1. The number of amides is 2. The average Bonchev–Trinajstić information content (AvgIpc) is 3.17. The summed E-state index contributed by atoms with van der Waals surface area (Å²) in [6, 6.07) is 11.2. The van der Waals surface area contributed by atoms with Crippen molar-refractivity contribution >= 4 is 28.8 Å². The van der Waals surface area contributed by atoms with Crippen LogP contribution in [-0.4, -0.2) is 24.4 Å². The van der Waals surface area contributed by atoms with Gasteiger partial charge in [0.05, 0.1) is 0 Å². The number of carbonyl (C=O) groups is 2. The molecule has 5 heteroatoms. The van der Waals surface area contributed by atoms with E-state index in [-0.39, 0.29) is 11.8 Å². The van der Waals surface area contributed by atoms with Crippen LogP contribution in [0.15, 0.2) is 47.2 Å². The second kappa shape index (κ2) is 6.75. The molecule has 0 radical (unpaired) electrons. The highest BCUT2D eigenvalue weighted by molar-refractivity contribution is 7.07. The minimum absolute atomic E-state index is 0.0184. The Morgan fingerprint density at radius 1 is 1.27 bits per heavy atom. The van der Waals surface area contributed by atoms with Crippen LogP contribution in [0.4, 0.5) is 5.69 Å². The van der Waals surface area contributed by atoms with Crippen molar-refractivity contribution in [2.75, 3.05) is 11.4 Å². The fraction of sp³-hybridized carbons (Fsp3) is 0.294. The molecule has 1 N–H and O–H groups in total. The van der Waals surface area contributed by atoms with Gasteiger partial charge in [-0.3, -0.25) is 9.59 Å². The molecule has 1 aliphatic rings. The first kappa shape index (κ1) is 14.8. The van der Waals surface area contributed by atoms with Crippen molar-refractivity contribution in [2.24, 2.45) is 0 Å². The third kappa shape index (κ3) is 3.36. The third-order valence-electron chi connectivity index (χ3n) is 3.83. The summed E-state index contributed by atoms with van der Waals surface area (Å²) in [6.07, 6.45) is 1.81. The lowest BCUT2D eigenvalue weighted by Gasteiger charge is -2.17. The van der Waals surface area contributed by atoms with Gasteiger partial charge in [-0.2, -0.15) is 11.3 Å². The molecule has 1 atom stereocenters. The summed E-state index contributed by atoms with van der Waals surface area (Å²) < 4.78 is 0. The first-order valence-electron chi connectivity index (χ1n) is 7.41. The predicted molar refractivity (Wildman–Crippen MR) is 88.0 cm³/mol. The second-order valence-corrected chi connectivity index (χ2v) is 6.15. The Morgan fingerprint density at radius 2 is 2.09 bits per heavy atom. The molecular weight excluding hydrogens is 296 g/mol. The smallest absolute Gasteiger partial charge is 0.249 e. The Kier molecular flexibility index (Phi) is 4.53. The summed E-state index contributed by atoms with van der Waals surface area (Å²) in [7, 11) is 0. The van der Waals surface area contributed by atoms with Crippen molar-refractivity contribution in [1.29, 1.82) is 0 Å². The third-order valence-corrected chi connectivity index (χ3v) is 4.56. The molecule has 1 aromatic heterocycles. The number of thiophene rings is 1. The number of carbonyl (C=O) groups excluding carboxylic acids is 2. The lowest BCUT2D eigenvalue weighted by molar-refractivity contribution is -0.126. The van der Waals surface area contributed by atoms with Crippen LogP contribution in [0.3, 0.4) is 0 Å². The standard InChI is InChI=1S/C17H18N2O2S/c20-16(7-6-13-9-11-22-12-13)18-15-8-10-19(17(15)21)14-4-2-1-3-5-14/h1-5,9,11-12,15H,6-8,10H2,(H,18,20)/t15-/m0/s1. The van der Waals surface area contributed by atoms with Gasteiger partial charge in [-0.15, -0.1) is 0 Å². The normalized spacial score (nSPS) is 17.7. The lowest BCUT2D eigenvalue weighted by atomic mass is 10.1. The summed E-state index contributed by atoms with van der Waals surface area (Å²) in [5, 5.41) is 6.92. The van der Waals surface area contributed by atoms with Crippen LogP contribution in [0, 0.1) is 0 Å². The van der Waals surface area contributed by atoms with E-state index in [1.165, 1.54) is 5.56 Å². The first-order valence-corrected chi connectivity index (χ1v) is 8.35. The van der Waals surface area contributed by atoms with Crippen LogP contribution in [-0.2, 0) is 16.0 Å². The highest BCUT2D eigenvalue weighted by Gasteiger charge is 2.33. The molecule has 0 aliphatic carbocycles. The number of para-hydroxylation sites is 1. The fourth-order valence-corrected chi connectivity index (χ4v) is 3.34. The summed E-state index contributed by atoms with van der Waals surface area (Å²) in [5.41, 5.74) is 2.06. The average molecular weight is 314 g/mol. The maximum absolute atomic E-state index is 12.4. The van der Waals surface area contributed by atoms with E-state index < -0.39 is 6.04 Å². The summed E-state index contributed by atoms with van der Waals surface area (Å²) in [5.74, 6) is -0.0745. The topological polar surface area (TPSA) is 49.4 Å². The van der Waals surface area contributed by atoms with Crippen LogP contribution in [0.1, 0.15) is 18.4 Å². The van der Waals surface area contributed by atoms with Gasteiger partial charge in [0, 0.05) is 18.7 Å². The molecule has 1 aromatic carbocycles. The molecule has 3 rings (SSSR count). The van der Waals surface area contributed by atoms with Gasteiger partial charge in [-0.05, 0) is 47.4 Å². The first-order chi connectivity index (χ1) is 10.7. The monoisotopic (exact) mass is 314 g/mol. The molecule has 0 unspecified atom stereocenters. The van der Waals surface area contributed by atoms with E-state index in [4.69, 9.17) is 0 Å². The zero-order valence-electron chi connectivity index (χ0n) is 12.2. The second-order valence-electron chi connectivity index (χ2n) is 5.37. The number of rotatable bonds is 5. The number of benzene rings is 1. The van der Waals surface area contributed by atoms with Crippen LogP contribution in [0.5, 0.6) is 0 Å². The van der Waals surface area contributed by atoms with Gasteiger partial charge in [0.25, 0.3) is 0 Å². The minimum Gasteiger partial charge on any atom is -0.344 e. The molecule has 1 saturated heterocycles. The quantitative estimate of drug-likeness (QED) is 0.922. The van der Waals surface area contributed by atoms with E-state index in [0.29, 0.717) is 19.4 Å². The van der Waals surface area contributed by atoms with Gasteiger partial charge in [-0.25, -0.2) is 0 Å². The van der Waals surface area contributed by atoms with Crippen molar-refractivity contribution in [2.45, 2.75) is 25.3 Å². The highest BCUT2D eigenvalue weighted by Crippen LogP contribution is 2.21. The van der Waals surface area contributed by atoms with Gasteiger partial charge >= 0.3 is 0 Å². The number of hydrogen-bond donors (Lipinski definition) is 1. The van der Waals surface area contributed by atoms with E-state index in [9.17, 15) is 9.59 Å². The van der Waals surface area contributed by atoms with Crippen molar-refractivity contribution in [3.63, 3.8) is 0 Å². The number of hydrogen-bond acceptors (Lipinski definition) is 3. The zero-order chi connectivity index (χ0) is 15.4. The molecule has 2 aromatic rings. The Labute approximate surface area is 133 Å². The molecule has 0 spiro atoms. The maximum atomic E-state index is 12.4. The SMILES string of the molecule is O=C(CCc1ccsc1)N[C@H]1CCN(c2ccccc2)C1=O. The number of anilines is 1. The summed E-state index contributed by atoms with van der Waals surface area (Å²) in [4.78, 5) is 26.1. The Morgan fingerprint density at radius 3 is 2.82 bits per heavy atom. The Balaban J connectivity index is 1.53. The zero-order valence-corrected chi connectivity index (χ0v) is 13.0. The molecular formula is C17H18N2O2S. The van der Waals surface area contributed by atoms with E-state index in [0.717, 1.165) is 12.1 Å². The molecule has 2 heterocycles. The lowest BCUT2D eigenvalue weighted by Crippen LogP contribution is -2.41. The van der Waals surface area contributed by atoms with E-state index in [1.807, 2.05) is 47.2 Å². The van der Waals surface area contributed by atoms with Crippen molar-refractivity contribution in [1.82, 2.24) is 5.32 Å². The van der Waals surface area contributed by atoms with E-state index in [1.54, 1.807) is 16.2 Å². The largest absolute Gasteiger partial charge is 0.344 e. The molecule has 1 fully saturated rings. The van der Waals surface area contributed by atoms with Crippen molar-refractivity contribution in [3.8, 4) is 0 Å². The van der Waals surface area contributed by atoms with Crippen LogP contribution >= 0.6 is 11.3 Å². The van der Waals surface area contributed by atoms with E-state index in [2.05, 4.69) is 5.32 Å².